The lowest BCUT2D eigenvalue weighted by Gasteiger charge is -2.14. The lowest BCUT2D eigenvalue weighted by Crippen LogP contribution is -2.49. The number of amides is 2. The van der Waals surface area contributed by atoms with Crippen LogP contribution < -0.4 is 25.6 Å². The van der Waals surface area contributed by atoms with Gasteiger partial charge in [0, 0.05) is 4.47 Å². The van der Waals surface area contributed by atoms with Crippen LogP contribution in [-0.4, -0.2) is 30.1 Å². The highest BCUT2D eigenvalue weighted by molar-refractivity contribution is 9.10. The van der Waals surface area contributed by atoms with Crippen LogP contribution in [0, 0.1) is 13.8 Å². The summed E-state index contributed by atoms with van der Waals surface area (Å²) in [6, 6.07) is 10.9. The quantitative estimate of drug-likeness (QED) is 0.284. The molecule has 3 N–H and O–H groups in total. The van der Waals surface area contributed by atoms with Crippen molar-refractivity contribution in [1.29, 1.82) is 0 Å². The van der Waals surface area contributed by atoms with Gasteiger partial charge >= 0.3 is 0 Å². The van der Waals surface area contributed by atoms with Gasteiger partial charge in [0.05, 0.1) is 12.2 Å². The largest absolute Gasteiger partial charge is 0.493 e. The molecule has 9 heteroatoms. The maximum atomic E-state index is 12.6. The number of nitrogens with one attached hydrogen (secondary N) is 3. The Balaban J connectivity index is 1.84. The number of carbonyl (C=O) groups is 2. The molecule has 0 spiro atoms. The van der Waals surface area contributed by atoms with Crippen LogP contribution in [0.15, 0.2) is 40.9 Å². The molecule has 2 amide bonds. The first-order valence-electron chi connectivity index (χ1n) is 9.82. The van der Waals surface area contributed by atoms with E-state index >= 15 is 0 Å². The number of rotatable bonds is 8. The van der Waals surface area contributed by atoms with Gasteiger partial charge in [-0.1, -0.05) is 35.3 Å². The van der Waals surface area contributed by atoms with Gasteiger partial charge in [-0.15, -0.1) is 0 Å². The summed E-state index contributed by atoms with van der Waals surface area (Å²) in [7, 11) is 0. The molecule has 0 aliphatic rings. The summed E-state index contributed by atoms with van der Waals surface area (Å²) in [4.78, 5) is 24.6. The fraction of sp³-hybridized carbons (Fsp3) is 0.318. The van der Waals surface area contributed by atoms with Gasteiger partial charge in [0.2, 0.25) is 0 Å². The summed E-state index contributed by atoms with van der Waals surface area (Å²) in [6.07, 6.45) is 1.87. The molecular weight excluding hydrogens is 482 g/mol. The molecule has 2 aromatic rings. The van der Waals surface area contributed by atoms with Crippen molar-refractivity contribution >= 4 is 45.1 Å². The molecule has 166 valence electrons. The molecule has 0 heterocycles. The number of hydrogen-bond acceptors (Lipinski definition) is 5. The summed E-state index contributed by atoms with van der Waals surface area (Å²) < 4.78 is 11.9. The SMILES string of the molecule is CCCCOc1ccc(Br)cc1C(=O)NC(=S)NNC(=O)COc1cc(C)cc(C)c1. The van der Waals surface area contributed by atoms with E-state index in [1.807, 2.05) is 32.0 Å². The van der Waals surface area contributed by atoms with E-state index in [1.54, 1.807) is 18.2 Å². The standard InChI is InChI=1S/C22H26BrN3O4S/c1-4-5-8-29-19-7-6-16(23)12-18(19)21(28)24-22(31)26-25-20(27)13-30-17-10-14(2)9-15(3)11-17/h6-7,9-12H,4-5,8,13H2,1-3H3,(H,25,27)(H2,24,26,28,31). The number of unbranched alkanes of at least 4 members (excludes halogenated alkanes) is 1. The Morgan fingerprint density at radius 3 is 2.42 bits per heavy atom. The number of carbonyl (C=O) groups excluding carboxylic acids is 2. The monoisotopic (exact) mass is 507 g/mol. The average Bonchev–Trinajstić information content (AvgIpc) is 2.71. The first-order valence-corrected chi connectivity index (χ1v) is 11.0. The van der Waals surface area contributed by atoms with Gasteiger partial charge in [0.1, 0.15) is 11.5 Å². The van der Waals surface area contributed by atoms with Crippen LogP contribution in [-0.2, 0) is 4.79 Å². The molecule has 0 fully saturated rings. The Labute approximate surface area is 196 Å². The van der Waals surface area contributed by atoms with Crippen molar-refractivity contribution in [2.75, 3.05) is 13.2 Å². The van der Waals surface area contributed by atoms with E-state index in [-0.39, 0.29) is 11.7 Å². The van der Waals surface area contributed by atoms with Crippen molar-refractivity contribution in [3.8, 4) is 11.5 Å². The number of hydrazine groups is 1. The predicted octanol–water partition coefficient (Wildman–Crippen LogP) is 3.96. The van der Waals surface area contributed by atoms with Crippen LogP contribution in [0.4, 0.5) is 0 Å². The smallest absolute Gasteiger partial charge is 0.276 e. The number of ether oxygens (including phenoxy) is 2. The normalized spacial score (nSPS) is 10.2. The van der Waals surface area contributed by atoms with E-state index in [0.717, 1.165) is 28.4 Å². The summed E-state index contributed by atoms with van der Waals surface area (Å²) >= 11 is 8.44. The fourth-order valence-corrected chi connectivity index (χ4v) is 3.17. The minimum absolute atomic E-state index is 0.0516. The molecule has 0 aromatic heterocycles. The molecule has 0 saturated carbocycles. The number of halogens is 1. The van der Waals surface area contributed by atoms with Crippen LogP contribution in [0.5, 0.6) is 11.5 Å². The van der Waals surface area contributed by atoms with Gasteiger partial charge in [-0.05, 0) is 73.9 Å². The van der Waals surface area contributed by atoms with Crippen molar-refractivity contribution in [2.45, 2.75) is 33.6 Å². The molecule has 2 rings (SSSR count). The molecular formula is C22H26BrN3O4S. The Morgan fingerprint density at radius 2 is 1.74 bits per heavy atom. The third-order valence-corrected chi connectivity index (χ3v) is 4.75. The second kappa shape index (κ2) is 12.3. The highest BCUT2D eigenvalue weighted by atomic mass is 79.9. The van der Waals surface area contributed by atoms with Crippen LogP contribution in [0.2, 0.25) is 0 Å². The lowest BCUT2D eigenvalue weighted by molar-refractivity contribution is -0.123. The number of hydrogen-bond donors (Lipinski definition) is 3. The molecule has 0 saturated heterocycles. The molecule has 2 aromatic carbocycles. The van der Waals surface area contributed by atoms with Gasteiger partial charge in [0.15, 0.2) is 11.7 Å². The first kappa shape index (κ1) is 24.6. The average molecular weight is 508 g/mol. The predicted molar refractivity (Wildman–Crippen MR) is 127 cm³/mol. The van der Waals surface area contributed by atoms with Crippen LogP contribution in [0.1, 0.15) is 41.3 Å². The summed E-state index contributed by atoms with van der Waals surface area (Å²) in [6.45, 7) is 6.28. The van der Waals surface area contributed by atoms with Gasteiger partial charge in [0.25, 0.3) is 11.8 Å². The minimum atomic E-state index is -0.453. The number of benzene rings is 2. The molecule has 0 aliphatic carbocycles. The molecule has 0 aliphatic heterocycles. The highest BCUT2D eigenvalue weighted by Crippen LogP contribution is 2.23. The van der Waals surface area contributed by atoms with Gasteiger partial charge < -0.3 is 9.47 Å². The second-order valence-electron chi connectivity index (χ2n) is 6.91. The Hall–Kier alpha value is -2.65. The van der Waals surface area contributed by atoms with E-state index in [1.165, 1.54) is 0 Å². The fourth-order valence-electron chi connectivity index (χ4n) is 2.66. The molecule has 7 nitrogen and oxygen atoms in total. The van der Waals surface area contributed by atoms with Crippen LogP contribution in [0.3, 0.4) is 0 Å². The second-order valence-corrected chi connectivity index (χ2v) is 8.23. The van der Waals surface area contributed by atoms with Crippen molar-refractivity contribution in [1.82, 2.24) is 16.2 Å². The maximum absolute atomic E-state index is 12.6. The highest BCUT2D eigenvalue weighted by Gasteiger charge is 2.15. The third kappa shape index (κ3) is 8.55. The third-order valence-electron chi connectivity index (χ3n) is 4.05. The van der Waals surface area contributed by atoms with Gasteiger partial charge in [-0.3, -0.25) is 25.8 Å². The Bertz CT molecular complexity index is 932. The van der Waals surface area contributed by atoms with E-state index in [0.29, 0.717) is 23.7 Å². The zero-order valence-electron chi connectivity index (χ0n) is 17.7. The summed E-state index contributed by atoms with van der Waals surface area (Å²) in [5, 5.41) is 2.47. The maximum Gasteiger partial charge on any atom is 0.276 e. The van der Waals surface area contributed by atoms with Crippen LogP contribution >= 0.6 is 28.1 Å². The molecule has 31 heavy (non-hydrogen) atoms. The van der Waals surface area contributed by atoms with Crippen molar-refractivity contribution in [3.05, 3.63) is 57.6 Å². The Kier molecular flexibility index (Phi) is 9.74. The summed E-state index contributed by atoms with van der Waals surface area (Å²) in [5.74, 6) is 0.171. The molecule has 0 radical (unpaired) electrons. The number of thiocarbonyl (C=S) groups is 1. The zero-order chi connectivity index (χ0) is 22.8. The van der Waals surface area contributed by atoms with E-state index in [2.05, 4.69) is 39.0 Å². The van der Waals surface area contributed by atoms with Crippen molar-refractivity contribution in [2.24, 2.45) is 0 Å². The van der Waals surface area contributed by atoms with E-state index < -0.39 is 11.8 Å². The van der Waals surface area contributed by atoms with Crippen molar-refractivity contribution < 1.29 is 19.1 Å². The number of aryl methyl sites for hydroxylation is 2. The molecule has 0 unspecified atom stereocenters. The van der Waals surface area contributed by atoms with E-state index in [9.17, 15) is 9.59 Å². The van der Waals surface area contributed by atoms with Gasteiger partial charge in [-0.2, -0.15) is 0 Å². The van der Waals surface area contributed by atoms with E-state index in [4.69, 9.17) is 21.7 Å². The minimum Gasteiger partial charge on any atom is -0.493 e. The first-order chi connectivity index (χ1) is 14.8. The summed E-state index contributed by atoms with van der Waals surface area (Å²) in [5.41, 5.74) is 7.31. The zero-order valence-corrected chi connectivity index (χ0v) is 20.1. The van der Waals surface area contributed by atoms with Crippen LogP contribution in [0.25, 0.3) is 0 Å². The molecule has 0 bridgehead atoms. The topological polar surface area (TPSA) is 88.7 Å². The lowest BCUT2D eigenvalue weighted by atomic mass is 10.1. The Morgan fingerprint density at radius 1 is 1.03 bits per heavy atom. The molecule has 0 atom stereocenters. The van der Waals surface area contributed by atoms with Crippen molar-refractivity contribution in [3.63, 3.8) is 0 Å². The van der Waals surface area contributed by atoms with Gasteiger partial charge in [-0.25, -0.2) is 0 Å².